The highest BCUT2D eigenvalue weighted by Gasteiger charge is 2.51. The van der Waals surface area contributed by atoms with E-state index >= 15 is 0 Å². The van der Waals surface area contributed by atoms with E-state index in [0.717, 1.165) is 5.01 Å². The van der Waals surface area contributed by atoms with Crippen LogP contribution in [0.2, 0.25) is 5.02 Å². The summed E-state index contributed by atoms with van der Waals surface area (Å²) in [5.41, 5.74) is 0.360. The summed E-state index contributed by atoms with van der Waals surface area (Å²) in [5.74, 6) is -4.21. The van der Waals surface area contributed by atoms with Crippen LogP contribution >= 0.6 is 11.6 Å². The van der Waals surface area contributed by atoms with E-state index in [1.54, 1.807) is 12.1 Å². The van der Waals surface area contributed by atoms with Crippen molar-refractivity contribution in [2.24, 2.45) is 5.10 Å². The van der Waals surface area contributed by atoms with Crippen LogP contribution in [0, 0.1) is 0 Å². The zero-order valence-electron chi connectivity index (χ0n) is 8.79. The lowest BCUT2D eigenvalue weighted by Crippen LogP contribution is -2.46. The third-order valence-electron chi connectivity index (χ3n) is 2.24. The number of hydrogen-bond acceptors (Lipinski definition) is 5. The Hall–Kier alpha value is -1.63. The summed E-state index contributed by atoms with van der Waals surface area (Å²) in [4.78, 5) is 11.7. The Labute approximate surface area is 102 Å². The van der Waals surface area contributed by atoms with Gasteiger partial charge >= 0.3 is 11.7 Å². The van der Waals surface area contributed by atoms with Gasteiger partial charge in [0.05, 0.1) is 12.8 Å². The molecule has 0 saturated carbocycles. The summed E-state index contributed by atoms with van der Waals surface area (Å²) in [6.45, 7) is 0. The second-order valence-corrected chi connectivity index (χ2v) is 3.81. The number of anilines is 1. The fourth-order valence-corrected chi connectivity index (χ4v) is 1.51. The molecule has 0 saturated heterocycles. The van der Waals surface area contributed by atoms with Crippen molar-refractivity contribution in [1.82, 2.24) is 0 Å². The topological polar surface area (TPSA) is 82.4 Å². The highest BCUT2D eigenvalue weighted by atomic mass is 35.5. The van der Waals surface area contributed by atoms with E-state index in [-0.39, 0.29) is 0 Å². The molecule has 0 spiro atoms. The molecule has 1 aliphatic heterocycles. The molecule has 0 atom stereocenters. The van der Waals surface area contributed by atoms with Gasteiger partial charge in [-0.1, -0.05) is 11.6 Å². The second-order valence-electron chi connectivity index (χ2n) is 3.37. The van der Waals surface area contributed by atoms with Crippen molar-refractivity contribution >= 4 is 29.1 Å². The Balaban J connectivity index is 2.39. The van der Waals surface area contributed by atoms with Gasteiger partial charge in [-0.25, -0.2) is 0 Å². The average molecular weight is 257 g/mol. The van der Waals surface area contributed by atoms with E-state index in [1.807, 2.05) is 0 Å². The predicted octanol–water partition coefficient (Wildman–Crippen LogP) is 0.327. The molecule has 90 valence electrons. The Morgan fingerprint density at radius 3 is 2.41 bits per heavy atom. The summed E-state index contributed by atoms with van der Waals surface area (Å²) in [5, 5.41) is 24.0. The molecule has 1 aromatic rings. The zero-order valence-corrected chi connectivity index (χ0v) is 9.55. The fourth-order valence-electron chi connectivity index (χ4n) is 1.39. The van der Waals surface area contributed by atoms with Crippen molar-refractivity contribution in [1.29, 1.82) is 0 Å². The molecule has 0 fully saturated rings. The molecule has 2 rings (SSSR count). The first kappa shape index (κ1) is 11.8. The molecule has 1 amide bonds. The number of aliphatic hydroxyl groups is 2. The van der Waals surface area contributed by atoms with E-state index < -0.39 is 17.6 Å². The van der Waals surface area contributed by atoms with E-state index in [9.17, 15) is 15.0 Å². The van der Waals surface area contributed by atoms with Gasteiger partial charge in [-0.05, 0) is 24.3 Å². The van der Waals surface area contributed by atoms with Crippen molar-refractivity contribution in [2.75, 3.05) is 12.1 Å². The number of rotatable bonds is 1. The molecular weight excluding hydrogens is 248 g/mol. The Bertz CT molecular complexity index is 484. The van der Waals surface area contributed by atoms with Gasteiger partial charge in [0.1, 0.15) is 0 Å². The molecule has 7 heteroatoms. The standard InChI is InChI=1S/C10H9ClN2O4/c1-17-8-10(15,16)9(14)13(12-8)7-4-2-6(11)3-5-7/h2-5,15-16H,1H3. The molecule has 0 bridgehead atoms. The number of halogens is 1. The summed E-state index contributed by atoms with van der Waals surface area (Å²) in [6, 6.07) is 6.17. The van der Waals surface area contributed by atoms with Crippen LogP contribution in [-0.2, 0) is 9.53 Å². The second kappa shape index (κ2) is 3.99. The molecule has 1 aliphatic rings. The summed E-state index contributed by atoms with van der Waals surface area (Å²) in [6.07, 6.45) is 0. The molecule has 17 heavy (non-hydrogen) atoms. The highest BCUT2D eigenvalue weighted by molar-refractivity contribution is 6.30. The van der Waals surface area contributed by atoms with Crippen LogP contribution in [-0.4, -0.2) is 34.9 Å². The minimum atomic E-state index is -2.73. The molecule has 6 nitrogen and oxygen atoms in total. The maximum absolute atomic E-state index is 11.7. The van der Waals surface area contributed by atoms with E-state index in [2.05, 4.69) is 9.84 Å². The van der Waals surface area contributed by atoms with Crippen LogP contribution in [0.3, 0.4) is 0 Å². The van der Waals surface area contributed by atoms with Gasteiger partial charge in [0, 0.05) is 5.02 Å². The van der Waals surface area contributed by atoms with Crippen molar-refractivity contribution in [3.05, 3.63) is 29.3 Å². The van der Waals surface area contributed by atoms with Crippen LogP contribution in [0.15, 0.2) is 29.4 Å². The molecule has 2 N–H and O–H groups in total. The Morgan fingerprint density at radius 1 is 1.35 bits per heavy atom. The van der Waals surface area contributed by atoms with Crippen molar-refractivity contribution in [3.8, 4) is 0 Å². The van der Waals surface area contributed by atoms with Crippen molar-refractivity contribution < 1.29 is 19.7 Å². The summed E-state index contributed by atoms with van der Waals surface area (Å²) < 4.78 is 4.63. The Kier molecular flexibility index (Phi) is 2.78. The molecule has 0 aromatic heterocycles. The van der Waals surface area contributed by atoms with Crippen molar-refractivity contribution in [2.45, 2.75) is 5.79 Å². The first-order valence-electron chi connectivity index (χ1n) is 4.64. The minimum absolute atomic E-state index is 0.360. The number of carbonyl (C=O) groups excluding carboxylic acids is 1. The molecule has 0 radical (unpaired) electrons. The van der Waals surface area contributed by atoms with Gasteiger partial charge in [-0.3, -0.25) is 4.79 Å². The lowest BCUT2D eigenvalue weighted by Gasteiger charge is -2.15. The number of benzene rings is 1. The number of ether oxygens (including phenoxy) is 1. The number of amides is 1. The SMILES string of the molecule is COC1=NN(c2ccc(Cl)cc2)C(=O)C1(O)O. The van der Waals surface area contributed by atoms with Gasteiger partial charge in [-0.2, -0.15) is 5.01 Å². The number of carbonyl (C=O) groups is 1. The lowest BCUT2D eigenvalue weighted by atomic mass is 10.2. The monoisotopic (exact) mass is 256 g/mol. The fraction of sp³-hybridized carbons (Fsp3) is 0.200. The van der Waals surface area contributed by atoms with E-state index in [0.29, 0.717) is 10.7 Å². The van der Waals surface area contributed by atoms with E-state index in [1.165, 1.54) is 19.2 Å². The quantitative estimate of drug-likeness (QED) is 0.710. The smallest absolute Gasteiger partial charge is 0.328 e. The van der Waals surface area contributed by atoms with Gasteiger partial charge in [0.2, 0.25) is 0 Å². The molecular formula is C10H9ClN2O4. The van der Waals surface area contributed by atoms with Crippen LogP contribution in [0.4, 0.5) is 5.69 Å². The summed E-state index contributed by atoms with van der Waals surface area (Å²) in [7, 11) is 1.19. The largest absolute Gasteiger partial charge is 0.479 e. The molecule has 1 aromatic carbocycles. The van der Waals surface area contributed by atoms with Gasteiger partial charge in [0.25, 0.3) is 5.90 Å². The normalized spacial score (nSPS) is 18.2. The molecule has 1 heterocycles. The first-order chi connectivity index (χ1) is 7.96. The maximum Gasteiger partial charge on any atom is 0.328 e. The zero-order chi connectivity index (χ0) is 12.6. The summed E-state index contributed by atoms with van der Waals surface area (Å²) >= 11 is 5.70. The van der Waals surface area contributed by atoms with E-state index in [4.69, 9.17) is 11.6 Å². The molecule has 0 unspecified atom stereocenters. The van der Waals surface area contributed by atoms with Crippen LogP contribution in [0.25, 0.3) is 0 Å². The number of hydrogen-bond donors (Lipinski definition) is 2. The third-order valence-corrected chi connectivity index (χ3v) is 2.50. The predicted molar refractivity (Wildman–Crippen MR) is 60.6 cm³/mol. The molecule has 0 aliphatic carbocycles. The minimum Gasteiger partial charge on any atom is -0.479 e. The maximum atomic E-state index is 11.7. The number of hydrazone groups is 1. The number of methoxy groups -OCH3 is 1. The van der Waals surface area contributed by atoms with Crippen LogP contribution in [0.5, 0.6) is 0 Å². The van der Waals surface area contributed by atoms with Gasteiger partial charge in [0.15, 0.2) is 0 Å². The van der Waals surface area contributed by atoms with Crippen molar-refractivity contribution in [3.63, 3.8) is 0 Å². The van der Waals surface area contributed by atoms with Gasteiger partial charge in [-0.15, -0.1) is 5.10 Å². The number of nitrogens with zero attached hydrogens (tertiary/aromatic N) is 2. The van der Waals surface area contributed by atoms with Crippen LogP contribution < -0.4 is 5.01 Å². The Morgan fingerprint density at radius 2 is 1.94 bits per heavy atom. The van der Waals surface area contributed by atoms with Crippen LogP contribution in [0.1, 0.15) is 0 Å². The first-order valence-corrected chi connectivity index (χ1v) is 5.02. The lowest BCUT2D eigenvalue weighted by molar-refractivity contribution is -0.159. The highest BCUT2D eigenvalue weighted by Crippen LogP contribution is 2.26. The third kappa shape index (κ3) is 1.86. The average Bonchev–Trinajstić information content (AvgIpc) is 2.52. The van der Waals surface area contributed by atoms with Gasteiger partial charge < -0.3 is 14.9 Å².